The van der Waals surface area contributed by atoms with Crippen LogP contribution in [0.4, 0.5) is 0 Å². The fourth-order valence-electron chi connectivity index (χ4n) is 1.37. The second-order valence-electron chi connectivity index (χ2n) is 3.77. The number of rotatable bonds is 5. The average Bonchev–Trinajstić information content (AvgIpc) is 2.24. The molecule has 0 saturated carbocycles. The summed E-state index contributed by atoms with van der Waals surface area (Å²) in [4.78, 5) is 11.6. The van der Waals surface area contributed by atoms with Crippen LogP contribution in [0.1, 0.15) is 15.9 Å². The number of hydrogen-bond acceptors (Lipinski definition) is 3. The molecule has 0 aromatic heterocycles. The highest BCUT2D eigenvalue weighted by Crippen LogP contribution is 2.08. The van der Waals surface area contributed by atoms with Crippen LogP contribution >= 0.6 is 0 Å². The fraction of sp³-hybridized carbons (Fsp3) is 0.250. The van der Waals surface area contributed by atoms with E-state index < -0.39 is 9.84 Å². The molecule has 92 valence electrons. The molecule has 4 nitrogen and oxygen atoms in total. The molecule has 1 aromatic carbocycles. The second-order valence-corrected chi connectivity index (χ2v) is 5.91. The van der Waals surface area contributed by atoms with Gasteiger partial charge in [-0.2, -0.15) is 0 Å². The topological polar surface area (TPSA) is 63.2 Å². The fourth-order valence-corrected chi connectivity index (χ4v) is 2.16. The van der Waals surface area contributed by atoms with Crippen LogP contribution in [0.3, 0.4) is 0 Å². The van der Waals surface area contributed by atoms with Gasteiger partial charge in [0.15, 0.2) is 9.84 Å². The minimum Gasteiger partial charge on any atom is -0.349 e. The highest BCUT2D eigenvalue weighted by molar-refractivity contribution is 7.89. The van der Waals surface area contributed by atoms with Crippen molar-refractivity contribution in [2.24, 2.45) is 0 Å². The third-order valence-electron chi connectivity index (χ3n) is 2.02. The quantitative estimate of drug-likeness (QED) is 0.801. The van der Waals surface area contributed by atoms with Gasteiger partial charge in [0.05, 0.1) is 5.75 Å². The van der Waals surface area contributed by atoms with Crippen LogP contribution in [0.5, 0.6) is 0 Å². The van der Waals surface area contributed by atoms with E-state index in [1.807, 2.05) is 0 Å². The van der Waals surface area contributed by atoms with Gasteiger partial charge in [-0.3, -0.25) is 4.79 Å². The normalized spacial score (nSPS) is 10.9. The van der Waals surface area contributed by atoms with Gasteiger partial charge in [0.25, 0.3) is 5.91 Å². The first kappa shape index (κ1) is 13.4. The third-order valence-corrected chi connectivity index (χ3v) is 2.88. The van der Waals surface area contributed by atoms with Crippen molar-refractivity contribution in [1.29, 1.82) is 0 Å². The van der Waals surface area contributed by atoms with Crippen LogP contribution < -0.4 is 5.32 Å². The van der Waals surface area contributed by atoms with Gasteiger partial charge in [-0.15, -0.1) is 6.58 Å². The second kappa shape index (κ2) is 5.63. The third kappa shape index (κ3) is 4.82. The first-order valence-electron chi connectivity index (χ1n) is 5.08. The summed E-state index contributed by atoms with van der Waals surface area (Å²) in [7, 11) is -3.08. The van der Waals surface area contributed by atoms with Gasteiger partial charge in [-0.05, 0) is 17.7 Å². The summed E-state index contributed by atoms with van der Waals surface area (Å²) in [6, 6.07) is 6.58. The van der Waals surface area contributed by atoms with Crippen molar-refractivity contribution in [1.82, 2.24) is 5.32 Å². The molecule has 0 spiro atoms. The minimum atomic E-state index is -3.08. The number of amides is 1. The molecule has 0 radical (unpaired) electrons. The summed E-state index contributed by atoms with van der Waals surface area (Å²) < 4.78 is 22.3. The van der Waals surface area contributed by atoms with Crippen molar-refractivity contribution in [3.8, 4) is 0 Å². The van der Waals surface area contributed by atoms with Gasteiger partial charge in [-0.1, -0.05) is 18.2 Å². The largest absolute Gasteiger partial charge is 0.349 e. The molecule has 1 rings (SSSR count). The van der Waals surface area contributed by atoms with Crippen molar-refractivity contribution in [2.75, 3.05) is 12.8 Å². The van der Waals surface area contributed by atoms with Crippen molar-refractivity contribution in [2.45, 2.75) is 5.75 Å². The van der Waals surface area contributed by atoms with E-state index in [0.29, 0.717) is 17.7 Å². The van der Waals surface area contributed by atoms with Crippen molar-refractivity contribution in [3.63, 3.8) is 0 Å². The Bertz CT molecular complexity index is 520. The highest BCUT2D eigenvalue weighted by Gasteiger charge is 2.08. The van der Waals surface area contributed by atoms with Crippen LogP contribution in [0.15, 0.2) is 36.9 Å². The molecule has 0 saturated heterocycles. The summed E-state index contributed by atoms with van der Waals surface area (Å²) in [5, 5.41) is 2.63. The number of carbonyl (C=O) groups excluding carboxylic acids is 1. The molecular formula is C12H15NO3S. The van der Waals surface area contributed by atoms with Crippen molar-refractivity contribution in [3.05, 3.63) is 48.0 Å². The number of benzene rings is 1. The van der Waals surface area contributed by atoms with Crippen LogP contribution in [-0.2, 0) is 15.6 Å². The maximum absolute atomic E-state index is 11.6. The van der Waals surface area contributed by atoms with Gasteiger partial charge in [0.1, 0.15) is 0 Å². The Morgan fingerprint density at radius 2 is 2.18 bits per heavy atom. The van der Waals surface area contributed by atoms with E-state index in [4.69, 9.17) is 0 Å². The molecule has 1 N–H and O–H groups in total. The molecule has 0 aliphatic rings. The summed E-state index contributed by atoms with van der Waals surface area (Å²) in [6.07, 6.45) is 2.75. The first-order valence-corrected chi connectivity index (χ1v) is 7.14. The Kier molecular flexibility index (Phi) is 4.45. The summed E-state index contributed by atoms with van der Waals surface area (Å²) in [6.45, 7) is 3.88. The number of sulfone groups is 1. The Balaban J connectivity index is 2.85. The van der Waals surface area contributed by atoms with Gasteiger partial charge in [0.2, 0.25) is 0 Å². The number of carbonyl (C=O) groups is 1. The molecule has 17 heavy (non-hydrogen) atoms. The van der Waals surface area contributed by atoms with E-state index in [1.165, 1.54) is 0 Å². The molecular weight excluding hydrogens is 238 g/mol. The van der Waals surface area contributed by atoms with E-state index in [-0.39, 0.29) is 11.7 Å². The Morgan fingerprint density at radius 1 is 1.47 bits per heavy atom. The minimum absolute atomic E-state index is 0.0599. The molecule has 5 heteroatoms. The standard InChI is InChI=1S/C12H15NO3S/c1-3-7-13-12(14)11-6-4-5-10(8-11)9-17(2,15)16/h3-6,8H,1,7,9H2,2H3,(H,13,14). The first-order chi connectivity index (χ1) is 7.92. The van der Waals surface area contributed by atoms with Gasteiger partial charge >= 0.3 is 0 Å². The van der Waals surface area contributed by atoms with Gasteiger partial charge in [0, 0.05) is 18.4 Å². The summed E-state index contributed by atoms with van der Waals surface area (Å²) >= 11 is 0. The van der Waals surface area contributed by atoms with Crippen molar-refractivity contribution >= 4 is 15.7 Å². The van der Waals surface area contributed by atoms with E-state index in [2.05, 4.69) is 11.9 Å². The molecule has 0 heterocycles. The highest BCUT2D eigenvalue weighted by atomic mass is 32.2. The van der Waals surface area contributed by atoms with E-state index in [0.717, 1.165) is 6.26 Å². The zero-order valence-electron chi connectivity index (χ0n) is 9.64. The predicted molar refractivity (Wildman–Crippen MR) is 67.5 cm³/mol. The van der Waals surface area contributed by atoms with E-state index in [9.17, 15) is 13.2 Å². The lowest BCUT2D eigenvalue weighted by atomic mass is 10.1. The molecule has 1 aromatic rings. The molecule has 0 fully saturated rings. The number of nitrogens with one attached hydrogen (secondary N) is 1. The summed E-state index contributed by atoms with van der Waals surface area (Å²) in [5.74, 6) is -0.296. The molecule has 0 atom stereocenters. The SMILES string of the molecule is C=CCNC(=O)c1cccc(CS(C)(=O)=O)c1. The van der Waals surface area contributed by atoms with Crippen LogP contribution in [0, 0.1) is 0 Å². The predicted octanol–water partition coefficient (Wildman–Crippen LogP) is 1.15. The van der Waals surface area contributed by atoms with Crippen LogP contribution in [-0.4, -0.2) is 27.1 Å². The zero-order chi connectivity index (χ0) is 12.9. The molecule has 0 bridgehead atoms. The maximum atomic E-state index is 11.6. The zero-order valence-corrected chi connectivity index (χ0v) is 10.5. The Hall–Kier alpha value is -1.62. The van der Waals surface area contributed by atoms with Crippen LogP contribution in [0.25, 0.3) is 0 Å². The lowest BCUT2D eigenvalue weighted by Gasteiger charge is -2.04. The molecule has 1 amide bonds. The molecule has 0 aliphatic heterocycles. The molecule has 0 aliphatic carbocycles. The Labute approximate surface area is 101 Å². The monoisotopic (exact) mass is 253 g/mol. The average molecular weight is 253 g/mol. The number of hydrogen-bond donors (Lipinski definition) is 1. The van der Waals surface area contributed by atoms with Gasteiger partial charge < -0.3 is 5.32 Å². The molecule has 0 unspecified atom stereocenters. The smallest absolute Gasteiger partial charge is 0.251 e. The lowest BCUT2D eigenvalue weighted by Crippen LogP contribution is -2.23. The Morgan fingerprint density at radius 3 is 2.76 bits per heavy atom. The van der Waals surface area contributed by atoms with Gasteiger partial charge in [-0.25, -0.2) is 8.42 Å². The van der Waals surface area contributed by atoms with Crippen molar-refractivity contribution < 1.29 is 13.2 Å². The lowest BCUT2D eigenvalue weighted by molar-refractivity contribution is 0.0958. The maximum Gasteiger partial charge on any atom is 0.251 e. The van der Waals surface area contributed by atoms with E-state index in [1.54, 1.807) is 30.3 Å². The summed E-state index contributed by atoms with van der Waals surface area (Å²) in [5.41, 5.74) is 1.06. The van der Waals surface area contributed by atoms with Crippen LogP contribution in [0.2, 0.25) is 0 Å². The van der Waals surface area contributed by atoms with E-state index >= 15 is 0 Å².